The molecule has 0 radical (unpaired) electrons. The predicted octanol–water partition coefficient (Wildman–Crippen LogP) is 3.55. The minimum absolute atomic E-state index is 0.749. The summed E-state index contributed by atoms with van der Waals surface area (Å²) in [5.74, 6) is 0.749. The minimum Gasteiger partial charge on any atom is -0.276 e. The number of hydrogen-bond acceptors (Lipinski definition) is 2. The standard InChI is InChI=1S/C14H17N3/c1-2-5-11(6-3-1)8-9-13-12-7-4-10-15-14(12)17-16-13/h4,7-11H,1-3,5-6H2,(H,15,16,17)/b9-8+. The first-order valence-electron chi connectivity index (χ1n) is 6.41. The molecule has 0 unspecified atom stereocenters. The number of nitrogens with zero attached hydrogens (tertiary/aromatic N) is 2. The number of H-pyrrole nitrogens is 1. The number of rotatable bonds is 2. The van der Waals surface area contributed by atoms with E-state index in [1.54, 1.807) is 6.20 Å². The van der Waals surface area contributed by atoms with Gasteiger partial charge in [-0.1, -0.05) is 25.3 Å². The summed E-state index contributed by atoms with van der Waals surface area (Å²) in [4.78, 5) is 4.22. The van der Waals surface area contributed by atoms with E-state index in [4.69, 9.17) is 0 Å². The van der Waals surface area contributed by atoms with Crippen LogP contribution in [-0.2, 0) is 0 Å². The summed E-state index contributed by atoms with van der Waals surface area (Å²) in [5, 5.41) is 8.36. The average molecular weight is 227 g/mol. The molecule has 0 bridgehead atoms. The average Bonchev–Trinajstić information content (AvgIpc) is 2.81. The van der Waals surface area contributed by atoms with Crippen LogP contribution < -0.4 is 0 Å². The quantitative estimate of drug-likeness (QED) is 0.852. The maximum atomic E-state index is 4.22. The Morgan fingerprint density at radius 2 is 2.12 bits per heavy atom. The molecule has 17 heavy (non-hydrogen) atoms. The molecule has 1 saturated carbocycles. The molecule has 1 aliphatic carbocycles. The van der Waals surface area contributed by atoms with Crippen LogP contribution in [0.5, 0.6) is 0 Å². The van der Waals surface area contributed by atoms with Gasteiger partial charge in [0.05, 0.1) is 5.69 Å². The van der Waals surface area contributed by atoms with Crippen LogP contribution in [0.15, 0.2) is 24.4 Å². The second-order valence-corrected chi connectivity index (χ2v) is 4.77. The van der Waals surface area contributed by atoms with Crippen LogP contribution in [0.3, 0.4) is 0 Å². The van der Waals surface area contributed by atoms with Crippen LogP contribution in [-0.4, -0.2) is 15.2 Å². The summed E-state index contributed by atoms with van der Waals surface area (Å²) in [6.45, 7) is 0. The summed E-state index contributed by atoms with van der Waals surface area (Å²) in [7, 11) is 0. The van der Waals surface area contributed by atoms with E-state index in [1.807, 2.05) is 6.07 Å². The van der Waals surface area contributed by atoms with Gasteiger partial charge in [0.1, 0.15) is 0 Å². The molecular formula is C14H17N3. The monoisotopic (exact) mass is 227 g/mol. The van der Waals surface area contributed by atoms with E-state index in [9.17, 15) is 0 Å². The van der Waals surface area contributed by atoms with Gasteiger partial charge in [-0.25, -0.2) is 4.98 Å². The van der Waals surface area contributed by atoms with Crippen molar-refractivity contribution >= 4 is 17.1 Å². The van der Waals surface area contributed by atoms with Gasteiger partial charge in [-0.3, -0.25) is 5.10 Å². The first-order valence-corrected chi connectivity index (χ1v) is 6.41. The van der Waals surface area contributed by atoms with E-state index in [-0.39, 0.29) is 0 Å². The van der Waals surface area contributed by atoms with E-state index in [1.165, 1.54) is 32.1 Å². The summed E-state index contributed by atoms with van der Waals surface area (Å²) in [5.41, 5.74) is 1.88. The van der Waals surface area contributed by atoms with Crippen molar-refractivity contribution in [2.24, 2.45) is 5.92 Å². The van der Waals surface area contributed by atoms with Gasteiger partial charge >= 0.3 is 0 Å². The zero-order chi connectivity index (χ0) is 11.5. The summed E-state index contributed by atoms with van der Waals surface area (Å²) < 4.78 is 0. The molecule has 88 valence electrons. The lowest BCUT2D eigenvalue weighted by Crippen LogP contribution is -2.02. The van der Waals surface area contributed by atoms with Gasteiger partial charge in [-0.05, 0) is 37.0 Å². The molecule has 0 aromatic carbocycles. The van der Waals surface area contributed by atoms with E-state index in [0.29, 0.717) is 0 Å². The van der Waals surface area contributed by atoms with Crippen LogP contribution in [0.4, 0.5) is 0 Å². The fourth-order valence-corrected chi connectivity index (χ4v) is 2.56. The van der Waals surface area contributed by atoms with Crippen LogP contribution in [0.1, 0.15) is 37.8 Å². The first kappa shape index (κ1) is 10.5. The molecule has 1 fully saturated rings. The Hall–Kier alpha value is -1.64. The zero-order valence-corrected chi connectivity index (χ0v) is 9.89. The third kappa shape index (κ3) is 2.23. The normalized spacial score (nSPS) is 18.1. The highest BCUT2D eigenvalue weighted by molar-refractivity contribution is 5.83. The molecule has 1 N–H and O–H groups in total. The number of allylic oxidation sites excluding steroid dienone is 1. The highest BCUT2D eigenvalue weighted by Gasteiger charge is 2.10. The van der Waals surface area contributed by atoms with Gasteiger partial charge in [0.15, 0.2) is 5.65 Å². The second-order valence-electron chi connectivity index (χ2n) is 4.77. The van der Waals surface area contributed by atoms with Crippen LogP contribution >= 0.6 is 0 Å². The maximum Gasteiger partial charge on any atom is 0.181 e. The summed E-state index contributed by atoms with van der Waals surface area (Å²) in [6, 6.07) is 4.02. The molecule has 1 aliphatic rings. The van der Waals surface area contributed by atoms with Gasteiger partial charge in [0.25, 0.3) is 0 Å². The number of hydrogen-bond donors (Lipinski definition) is 1. The molecule has 2 aromatic rings. The SMILES string of the molecule is C(=C\C1CCCCC1)/c1[nH]nc2ncccc12. The third-order valence-electron chi connectivity index (χ3n) is 3.54. The summed E-state index contributed by atoms with van der Waals surface area (Å²) >= 11 is 0. The van der Waals surface area contributed by atoms with Crippen LogP contribution in [0.25, 0.3) is 17.1 Å². The Morgan fingerprint density at radius 3 is 3.00 bits per heavy atom. The van der Waals surface area contributed by atoms with Crippen molar-refractivity contribution in [2.45, 2.75) is 32.1 Å². The maximum absolute atomic E-state index is 4.22. The van der Waals surface area contributed by atoms with Crippen molar-refractivity contribution in [1.29, 1.82) is 0 Å². The molecule has 2 aromatic heterocycles. The molecule has 3 rings (SSSR count). The van der Waals surface area contributed by atoms with Crippen molar-refractivity contribution in [3.05, 3.63) is 30.1 Å². The molecule has 0 amide bonds. The molecule has 0 saturated heterocycles. The van der Waals surface area contributed by atoms with Crippen molar-refractivity contribution in [1.82, 2.24) is 15.2 Å². The van der Waals surface area contributed by atoms with Gasteiger partial charge in [0, 0.05) is 11.6 Å². The Bertz CT molecular complexity index is 521. The van der Waals surface area contributed by atoms with Crippen molar-refractivity contribution in [3.63, 3.8) is 0 Å². The number of fused-ring (bicyclic) bond motifs is 1. The van der Waals surface area contributed by atoms with E-state index < -0.39 is 0 Å². The number of aromatic amines is 1. The Kier molecular flexibility index (Phi) is 2.90. The molecule has 3 heteroatoms. The number of aromatic nitrogens is 3. The second kappa shape index (κ2) is 4.70. The fourth-order valence-electron chi connectivity index (χ4n) is 2.56. The van der Waals surface area contributed by atoms with E-state index in [0.717, 1.165) is 22.6 Å². The topological polar surface area (TPSA) is 41.6 Å². The molecule has 0 aliphatic heterocycles. The summed E-state index contributed by atoms with van der Waals surface area (Å²) in [6.07, 6.45) is 13.1. The van der Waals surface area contributed by atoms with Crippen LogP contribution in [0.2, 0.25) is 0 Å². The lowest BCUT2D eigenvalue weighted by molar-refractivity contribution is 0.420. The first-order chi connectivity index (χ1) is 8.43. The minimum atomic E-state index is 0.749. The van der Waals surface area contributed by atoms with Gasteiger partial charge < -0.3 is 0 Å². The largest absolute Gasteiger partial charge is 0.276 e. The lowest BCUT2D eigenvalue weighted by atomic mass is 9.89. The Balaban J connectivity index is 1.82. The predicted molar refractivity (Wildman–Crippen MR) is 69.5 cm³/mol. The highest BCUT2D eigenvalue weighted by Crippen LogP contribution is 2.25. The van der Waals surface area contributed by atoms with Crippen LogP contribution in [0, 0.1) is 5.92 Å². The smallest absolute Gasteiger partial charge is 0.181 e. The fraction of sp³-hybridized carbons (Fsp3) is 0.429. The third-order valence-corrected chi connectivity index (χ3v) is 3.54. The van der Waals surface area contributed by atoms with Crippen molar-refractivity contribution in [3.8, 4) is 0 Å². The van der Waals surface area contributed by atoms with Crippen molar-refractivity contribution < 1.29 is 0 Å². The number of pyridine rings is 1. The molecule has 0 atom stereocenters. The van der Waals surface area contributed by atoms with Gasteiger partial charge in [-0.15, -0.1) is 0 Å². The van der Waals surface area contributed by atoms with Gasteiger partial charge in [0.2, 0.25) is 0 Å². The molecular weight excluding hydrogens is 210 g/mol. The molecule has 0 spiro atoms. The lowest BCUT2D eigenvalue weighted by Gasteiger charge is -2.17. The van der Waals surface area contributed by atoms with E-state index in [2.05, 4.69) is 33.4 Å². The molecule has 3 nitrogen and oxygen atoms in total. The zero-order valence-electron chi connectivity index (χ0n) is 9.89. The number of nitrogens with one attached hydrogen (secondary N) is 1. The Labute approximate surface area is 101 Å². The van der Waals surface area contributed by atoms with E-state index >= 15 is 0 Å². The van der Waals surface area contributed by atoms with Gasteiger partial charge in [-0.2, -0.15) is 5.10 Å². The Morgan fingerprint density at radius 1 is 1.24 bits per heavy atom. The van der Waals surface area contributed by atoms with Crippen molar-refractivity contribution in [2.75, 3.05) is 0 Å². The highest BCUT2D eigenvalue weighted by atomic mass is 15.1. The molecule has 2 heterocycles.